The lowest BCUT2D eigenvalue weighted by Gasteiger charge is -1.99. The van der Waals surface area contributed by atoms with E-state index in [-0.39, 0.29) is 17.2 Å². The number of aromatic nitrogens is 1. The summed E-state index contributed by atoms with van der Waals surface area (Å²) in [4.78, 5) is 26.9. The summed E-state index contributed by atoms with van der Waals surface area (Å²) in [5, 5.41) is 0. The van der Waals surface area contributed by atoms with E-state index in [1.807, 2.05) is 0 Å². The summed E-state index contributed by atoms with van der Waals surface area (Å²) in [6, 6.07) is 12.5. The number of Topliss-reactive ketones (excluding diaryl/α,β-unsaturated/α-hetero) is 1. The minimum absolute atomic E-state index is 0.214. The first-order chi connectivity index (χ1) is 12.0. The van der Waals surface area contributed by atoms with Gasteiger partial charge >= 0.3 is 0 Å². The Kier molecular flexibility index (Phi) is 4.90. The molecule has 0 aliphatic rings. The summed E-state index contributed by atoms with van der Waals surface area (Å²) in [6.07, 6.45) is 3.04. The smallest absolute Gasteiger partial charge is 0.266 e. The molecule has 0 aliphatic heterocycles. The molecule has 0 bridgehead atoms. The maximum absolute atomic E-state index is 12.9. The average molecular weight is 355 g/mol. The van der Waals surface area contributed by atoms with E-state index in [0.29, 0.717) is 26.1 Å². The van der Waals surface area contributed by atoms with Crippen LogP contribution in [0.3, 0.4) is 0 Å². The number of benzene rings is 2. The van der Waals surface area contributed by atoms with E-state index in [1.165, 1.54) is 29.5 Å². The Bertz CT molecular complexity index is 1060. The molecule has 0 amide bonds. The first kappa shape index (κ1) is 16.9. The van der Waals surface area contributed by atoms with Crippen LogP contribution in [0.15, 0.2) is 53.3 Å². The average Bonchev–Trinajstić information content (AvgIpc) is 2.96. The van der Waals surface area contributed by atoms with Gasteiger partial charge < -0.3 is 9.72 Å². The first-order valence-electron chi connectivity index (χ1n) is 7.42. The number of methoxy groups -OCH3 is 1. The molecule has 1 aromatic heterocycles. The van der Waals surface area contributed by atoms with E-state index in [9.17, 15) is 14.0 Å². The first-order valence-corrected chi connectivity index (χ1v) is 8.23. The summed E-state index contributed by atoms with van der Waals surface area (Å²) in [7, 11) is 1.55. The standard InChI is InChI=1S/C19H14FNO3S/c1-24-15-8-4-13(5-9-15)16(22)11-18-21-19(23)17(25-18)10-12-2-6-14(20)7-3-12/h2-11H,1H3,(H,21,23)/b17-10-,18-11-. The Balaban J connectivity index is 1.93. The maximum Gasteiger partial charge on any atom is 0.266 e. The van der Waals surface area contributed by atoms with E-state index in [0.717, 1.165) is 0 Å². The Morgan fingerprint density at radius 1 is 1.12 bits per heavy atom. The summed E-state index contributed by atoms with van der Waals surface area (Å²) in [6.45, 7) is 0. The second-order valence-electron chi connectivity index (χ2n) is 5.22. The van der Waals surface area contributed by atoms with E-state index < -0.39 is 0 Å². The van der Waals surface area contributed by atoms with Gasteiger partial charge in [0.1, 0.15) is 11.6 Å². The highest BCUT2D eigenvalue weighted by Gasteiger charge is 2.04. The van der Waals surface area contributed by atoms with Crippen LogP contribution >= 0.6 is 11.3 Å². The fourth-order valence-electron chi connectivity index (χ4n) is 2.19. The van der Waals surface area contributed by atoms with E-state index in [4.69, 9.17) is 4.74 Å². The zero-order valence-corrected chi connectivity index (χ0v) is 14.1. The zero-order valence-electron chi connectivity index (χ0n) is 13.3. The molecule has 0 radical (unpaired) electrons. The number of carbonyl (C=O) groups is 1. The van der Waals surface area contributed by atoms with Gasteiger partial charge in [0.25, 0.3) is 5.56 Å². The lowest BCUT2D eigenvalue weighted by Crippen LogP contribution is -2.20. The molecule has 0 spiro atoms. The highest BCUT2D eigenvalue weighted by Crippen LogP contribution is 2.11. The number of hydrogen-bond acceptors (Lipinski definition) is 4. The number of halogens is 1. The van der Waals surface area contributed by atoms with Crippen LogP contribution in [0.2, 0.25) is 0 Å². The second kappa shape index (κ2) is 7.27. The molecular weight excluding hydrogens is 341 g/mol. The predicted molar refractivity (Wildman–Crippen MR) is 95.9 cm³/mol. The molecule has 3 aromatic rings. The number of carbonyl (C=O) groups excluding carboxylic acids is 1. The maximum atomic E-state index is 12.9. The molecule has 0 unspecified atom stereocenters. The number of hydrogen-bond donors (Lipinski definition) is 1. The Morgan fingerprint density at radius 2 is 1.80 bits per heavy atom. The second-order valence-corrected chi connectivity index (χ2v) is 6.30. The predicted octanol–water partition coefficient (Wildman–Crippen LogP) is 2.08. The molecule has 0 saturated heterocycles. The van der Waals surface area contributed by atoms with Crippen molar-refractivity contribution in [3.05, 3.63) is 85.0 Å². The number of ketones is 1. The van der Waals surface area contributed by atoms with Crippen molar-refractivity contribution >= 4 is 29.3 Å². The third-order valence-electron chi connectivity index (χ3n) is 3.48. The highest BCUT2D eigenvalue weighted by molar-refractivity contribution is 7.07. The zero-order chi connectivity index (χ0) is 17.8. The Morgan fingerprint density at radius 3 is 2.44 bits per heavy atom. The number of thiazole rings is 1. The fraction of sp³-hybridized carbons (Fsp3) is 0.0526. The topological polar surface area (TPSA) is 59.2 Å². The van der Waals surface area contributed by atoms with Gasteiger partial charge in [0.2, 0.25) is 0 Å². The minimum Gasteiger partial charge on any atom is -0.497 e. The van der Waals surface area contributed by atoms with Crippen LogP contribution in [0, 0.1) is 5.82 Å². The Labute approximate surface area is 146 Å². The summed E-state index contributed by atoms with van der Waals surface area (Å²) >= 11 is 1.17. The number of rotatable bonds is 4. The van der Waals surface area contributed by atoms with Crippen molar-refractivity contribution < 1.29 is 13.9 Å². The van der Waals surface area contributed by atoms with Crippen LogP contribution in [0.4, 0.5) is 4.39 Å². The molecule has 0 aliphatic carbocycles. The van der Waals surface area contributed by atoms with Crippen LogP contribution in [-0.2, 0) is 0 Å². The van der Waals surface area contributed by atoms with Gasteiger partial charge in [-0.15, -0.1) is 11.3 Å². The van der Waals surface area contributed by atoms with Gasteiger partial charge in [0.05, 0.1) is 16.3 Å². The van der Waals surface area contributed by atoms with E-state index in [2.05, 4.69) is 4.98 Å². The fourth-order valence-corrected chi connectivity index (χ4v) is 3.08. The lowest BCUT2D eigenvalue weighted by molar-refractivity contribution is 0.106. The molecule has 1 N–H and O–H groups in total. The van der Waals surface area contributed by atoms with Gasteiger partial charge in [0.15, 0.2) is 5.78 Å². The third kappa shape index (κ3) is 4.10. The van der Waals surface area contributed by atoms with Crippen LogP contribution in [0.5, 0.6) is 5.75 Å². The summed E-state index contributed by atoms with van der Waals surface area (Å²) in [5.74, 6) is 0.113. The Hall–Kier alpha value is -2.99. The summed E-state index contributed by atoms with van der Waals surface area (Å²) < 4.78 is 18.9. The molecule has 2 aromatic carbocycles. The largest absolute Gasteiger partial charge is 0.497 e. The van der Waals surface area contributed by atoms with Gasteiger partial charge in [-0.1, -0.05) is 12.1 Å². The van der Waals surface area contributed by atoms with Gasteiger partial charge in [-0.2, -0.15) is 0 Å². The van der Waals surface area contributed by atoms with Gasteiger partial charge in [-0.25, -0.2) is 4.39 Å². The van der Waals surface area contributed by atoms with Crippen molar-refractivity contribution in [1.82, 2.24) is 4.98 Å². The molecule has 0 fully saturated rings. The molecule has 1 heterocycles. The SMILES string of the molecule is COc1ccc(C(=O)/C=c2/[nH]c(=O)/c(=C/c3ccc(F)cc3)s2)cc1. The quantitative estimate of drug-likeness (QED) is 0.729. The van der Waals surface area contributed by atoms with Crippen LogP contribution in [0.25, 0.3) is 12.2 Å². The van der Waals surface area contributed by atoms with Crippen molar-refractivity contribution in [2.45, 2.75) is 0 Å². The number of aromatic amines is 1. The highest BCUT2D eigenvalue weighted by atomic mass is 32.1. The van der Waals surface area contributed by atoms with Crippen molar-refractivity contribution in [1.29, 1.82) is 0 Å². The molecule has 0 saturated carbocycles. The van der Waals surface area contributed by atoms with E-state index in [1.54, 1.807) is 49.6 Å². The van der Waals surface area contributed by atoms with Crippen molar-refractivity contribution in [3.8, 4) is 5.75 Å². The van der Waals surface area contributed by atoms with Crippen molar-refractivity contribution in [2.75, 3.05) is 7.11 Å². The lowest BCUT2D eigenvalue weighted by atomic mass is 10.1. The summed E-state index contributed by atoms with van der Waals surface area (Å²) in [5.41, 5.74) is 0.920. The molecule has 0 atom stereocenters. The molecule has 25 heavy (non-hydrogen) atoms. The minimum atomic E-state index is -0.337. The van der Waals surface area contributed by atoms with Gasteiger partial charge in [-0.05, 0) is 48.0 Å². The number of H-pyrrole nitrogens is 1. The van der Waals surface area contributed by atoms with Crippen molar-refractivity contribution in [2.24, 2.45) is 0 Å². The molecule has 126 valence electrons. The molecule has 3 rings (SSSR count). The monoisotopic (exact) mass is 355 g/mol. The molecule has 6 heteroatoms. The normalized spacial score (nSPS) is 12.4. The van der Waals surface area contributed by atoms with Gasteiger partial charge in [0, 0.05) is 11.6 Å². The van der Waals surface area contributed by atoms with Gasteiger partial charge in [-0.3, -0.25) is 9.59 Å². The van der Waals surface area contributed by atoms with Crippen molar-refractivity contribution in [3.63, 3.8) is 0 Å². The van der Waals surface area contributed by atoms with Crippen LogP contribution in [0.1, 0.15) is 15.9 Å². The van der Waals surface area contributed by atoms with E-state index >= 15 is 0 Å². The molecule has 4 nitrogen and oxygen atoms in total. The third-order valence-corrected chi connectivity index (χ3v) is 4.45. The number of ether oxygens (including phenoxy) is 1. The van der Waals surface area contributed by atoms with Crippen LogP contribution in [-0.4, -0.2) is 17.9 Å². The number of nitrogens with one attached hydrogen (secondary N) is 1. The molecular formula is C19H14FNO3S. The van der Waals surface area contributed by atoms with Crippen LogP contribution < -0.4 is 19.5 Å².